The topological polar surface area (TPSA) is 12.0 Å². The molecule has 0 amide bonds. The van der Waals surface area contributed by atoms with Gasteiger partial charge in [-0.25, -0.2) is 13.2 Å². The van der Waals surface area contributed by atoms with Gasteiger partial charge in [0.05, 0.1) is 0 Å². The molecule has 94 valence electrons. The van der Waals surface area contributed by atoms with Crippen molar-refractivity contribution in [1.29, 1.82) is 0 Å². The average molecular weight is 251 g/mol. The molecule has 0 heterocycles. The smallest absolute Gasteiger partial charge is 0.160 e. The molecule has 1 N–H and O–H groups in total. The fourth-order valence-electron chi connectivity index (χ4n) is 1.67. The monoisotopic (exact) mass is 251 g/mol. The summed E-state index contributed by atoms with van der Waals surface area (Å²) in [5.74, 6) is -2.08. The predicted octanol–water partition coefficient (Wildman–Crippen LogP) is 4.28. The molecular weight excluding hydrogens is 239 g/mol. The first-order chi connectivity index (χ1) is 8.56. The Labute approximate surface area is 103 Å². The van der Waals surface area contributed by atoms with E-state index in [2.05, 4.69) is 5.32 Å². The summed E-state index contributed by atoms with van der Waals surface area (Å²) in [6.45, 7) is 1.86. The highest BCUT2D eigenvalue weighted by Crippen LogP contribution is 2.21. The molecule has 0 spiro atoms. The number of nitrogens with one attached hydrogen (secondary N) is 1. The van der Waals surface area contributed by atoms with Gasteiger partial charge in [-0.2, -0.15) is 0 Å². The van der Waals surface area contributed by atoms with Gasteiger partial charge in [-0.3, -0.25) is 0 Å². The van der Waals surface area contributed by atoms with Crippen LogP contribution >= 0.6 is 0 Å². The molecular formula is C14H12F3N. The van der Waals surface area contributed by atoms with Crippen LogP contribution in [0.1, 0.15) is 18.5 Å². The lowest BCUT2D eigenvalue weighted by Crippen LogP contribution is -2.07. The highest BCUT2D eigenvalue weighted by atomic mass is 19.2. The summed E-state index contributed by atoms with van der Waals surface area (Å²) < 4.78 is 38.5. The van der Waals surface area contributed by atoms with Crippen LogP contribution in [-0.2, 0) is 0 Å². The maximum atomic E-state index is 13.0. The Kier molecular flexibility index (Phi) is 3.55. The molecule has 0 bridgehead atoms. The van der Waals surface area contributed by atoms with Crippen LogP contribution in [0.25, 0.3) is 0 Å². The first kappa shape index (κ1) is 12.5. The fourth-order valence-corrected chi connectivity index (χ4v) is 1.67. The number of rotatable bonds is 3. The molecule has 0 aliphatic rings. The van der Waals surface area contributed by atoms with E-state index in [1.165, 1.54) is 18.2 Å². The second kappa shape index (κ2) is 5.12. The summed E-state index contributed by atoms with van der Waals surface area (Å²) in [6, 6.07) is 9.50. The van der Waals surface area contributed by atoms with Crippen molar-refractivity contribution in [3.8, 4) is 0 Å². The van der Waals surface area contributed by atoms with E-state index < -0.39 is 11.6 Å². The Morgan fingerprint density at radius 2 is 1.56 bits per heavy atom. The SMILES string of the molecule is CC(Nc1ccc(F)c(F)c1)c1ccc(F)cc1. The Balaban J connectivity index is 2.13. The van der Waals surface area contributed by atoms with Crippen molar-refractivity contribution in [1.82, 2.24) is 0 Å². The molecule has 0 saturated carbocycles. The quantitative estimate of drug-likeness (QED) is 0.858. The molecule has 0 radical (unpaired) electrons. The zero-order chi connectivity index (χ0) is 13.1. The van der Waals surface area contributed by atoms with Crippen LogP contribution in [0, 0.1) is 17.5 Å². The van der Waals surface area contributed by atoms with Gasteiger partial charge in [0.15, 0.2) is 11.6 Å². The summed E-state index contributed by atoms with van der Waals surface area (Å²) in [6.07, 6.45) is 0. The summed E-state index contributed by atoms with van der Waals surface area (Å²) in [7, 11) is 0. The van der Waals surface area contributed by atoms with Crippen LogP contribution in [0.15, 0.2) is 42.5 Å². The van der Waals surface area contributed by atoms with Crippen LogP contribution in [0.5, 0.6) is 0 Å². The van der Waals surface area contributed by atoms with Crippen LogP contribution in [0.4, 0.5) is 18.9 Å². The van der Waals surface area contributed by atoms with Gasteiger partial charge in [0.1, 0.15) is 5.82 Å². The Morgan fingerprint density at radius 3 is 2.17 bits per heavy atom. The number of anilines is 1. The van der Waals surface area contributed by atoms with E-state index in [0.29, 0.717) is 5.69 Å². The Hall–Kier alpha value is -1.97. The Bertz CT molecular complexity index is 537. The van der Waals surface area contributed by atoms with Crippen molar-refractivity contribution in [3.63, 3.8) is 0 Å². The standard InChI is InChI=1S/C14H12F3N/c1-9(10-2-4-11(15)5-3-10)18-12-6-7-13(16)14(17)8-12/h2-9,18H,1H3. The van der Waals surface area contributed by atoms with E-state index in [4.69, 9.17) is 0 Å². The van der Waals surface area contributed by atoms with Gasteiger partial charge in [-0.15, -0.1) is 0 Å². The van der Waals surface area contributed by atoms with Gasteiger partial charge in [0.2, 0.25) is 0 Å². The van der Waals surface area contributed by atoms with E-state index >= 15 is 0 Å². The molecule has 0 aliphatic heterocycles. The fraction of sp³-hybridized carbons (Fsp3) is 0.143. The highest BCUT2D eigenvalue weighted by Gasteiger charge is 2.07. The molecule has 0 aromatic heterocycles. The van der Waals surface area contributed by atoms with Crippen LogP contribution < -0.4 is 5.32 Å². The maximum Gasteiger partial charge on any atom is 0.160 e. The molecule has 1 unspecified atom stereocenters. The van der Waals surface area contributed by atoms with Crippen LogP contribution in [-0.4, -0.2) is 0 Å². The van der Waals surface area contributed by atoms with Crippen molar-refractivity contribution in [2.45, 2.75) is 13.0 Å². The van der Waals surface area contributed by atoms with E-state index in [1.807, 2.05) is 6.92 Å². The van der Waals surface area contributed by atoms with Crippen LogP contribution in [0.3, 0.4) is 0 Å². The second-order valence-corrected chi connectivity index (χ2v) is 4.05. The van der Waals surface area contributed by atoms with Gasteiger partial charge >= 0.3 is 0 Å². The first-order valence-electron chi connectivity index (χ1n) is 5.53. The third-order valence-electron chi connectivity index (χ3n) is 2.67. The van der Waals surface area contributed by atoms with Crippen molar-refractivity contribution < 1.29 is 13.2 Å². The van der Waals surface area contributed by atoms with Gasteiger partial charge in [0.25, 0.3) is 0 Å². The zero-order valence-corrected chi connectivity index (χ0v) is 9.75. The average Bonchev–Trinajstić information content (AvgIpc) is 2.34. The maximum absolute atomic E-state index is 13.0. The van der Waals surface area contributed by atoms with Crippen molar-refractivity contribution in [2.75, 3.05) is 5.32 Å². The zero-order valence-electron chi connectivity index (χ0n) is 9.75. The molecule has 1 nitrogen and oxygen atoms in total. The minimum absolute atomic E-state index is 0.129. The summed E-state index contributed by atoms with van der Waals surface area (Å²) in [5.41, 5.74) is 1.34. The van der Waals surface area contributed by atoms with Crippen molar-refractivity contribution in [2.24, 2.45) is 0 Å². The molecule has 0 aliphatic carbocycles. The first-order valence-corrected chi connectivity index (χ1v) is 5.53. The molecule has 1 atom stereocenters. The number of halogens is 3. The van der Waals surface area contributed by atoms with Gasteiger partial charge < -0.3 is 5.32 Å². The van der Waals surface area contributed by atoms with E-state index in [1.54, 1.807) is 12.1 Å². The molecule has 2 aromatic rings. The van der Waals surface area contributed by atoms with Gasteiger partial charge in [0, 0.05) is 17.8 Å². The third-order valence-corrected chi connectivity index (χ3v) is 2.67. The third kappa shape index (κ3) is 2.83. The number of hydrogen-bond donors (Lipinski definition) is 1. The lowest BCUT2D eigenvalue weighted by Gasteiger charge is -2.15. The Morgan fingerprint density at radius 1 is 0.889 bits per heavy atom. The molecule has 18 heavy (non-hydrogen) atoms. The van der Waals surface area contributed by atoms with Crippen molar-refractivity contribution in [3.05, 3.63) is 65.5 Å². The normalized spacial score (nSPS) is 12.2. The highest BCUT2D eigenvalue weighted by molar-refractivity contribution is 5.45. The lowest BCUT2D eigenvalue weighted by molar-refractivity contribution is 0.509. The minimum atomic E-state index is -0.897. The molecule has 2 aromatic carbocycles. The van der Waals surface area contributed by atoms with E-state index in [9.17, 15) is 13.2 Å². The van der Waals surface area contributed by atoms with E-state index in [0.717, 1.165) is 17.7 Å². The number of hydrogen-bond acceptors (Lipinski definition) is 1. The largest absolute Gasteiger partial charge is 0.378 e. The molecule has 4 heteroatoms. The van der Waals surface area contributed by atoms with Crippen molar-refractivity contribution >= 4 is 5.69 Å². The molecule has 2 rings (SSSR count). The van der Waals surface area contributed by atoms with Crippen LogP contribution in [0.2, 0.25) is 0 Å². The number of benzene rings is 2. The van der Waals surface area contributed by atoms with Gasteiger partial charge in [-0.1, -0.05) is 12.1 Å². The summed E-state index contributed by atoms with van der Waals surface area (Å²) >= 11 is 0. The minimum Gasteiger partial charge on any atom is -0.378 e. The second-order valence-electron chi connectivity index (χ2n) is 4.05. The molecule has 0 saturated heterocycles. The molecule has 0 fully saturated rings. The predicted molar refractivity (Wildman–Crippen MR) is 64.8 cm³/mol. The van der Waals surface area contributed by atoms with Gasteiger partial charge in [-0.05, 0) is 36.8 Å². The summed E-state index contributed by atoms with van der Waals surface area (Å²) in [5, 5.41) is 3.02. The summed E-state index contributed by atoms with van der Waals surface area (Å²) in [4.78, 5) is 0. The van der Waals surface area contributed by atoms with E-state index in [-0.39, 0.29) is 11.9 Å². The lowest BCUT2D eigenvalue weighted by atomic mass is 10.1.